The Labute approximate surface area is 161 Å². The summed E-state index contributed by atoms with van der Waals surface area (Å²) in [4.78, 5) is 13.7. The lowest BCUT2D eigenvalue weighted by Crippen LogP contribution is -2.26. The number of aryl methyl sites for hydroxylation is 1. The van der Waals surface area contributed by atoms with E-state index in [1.54, 1.807) is 16.7 Å². The van der Waals surface area contributed by atoms with Crippen LogP contribution in [0.3, 0.4) is 0 Å². The molecule has 2 aromatic carbocycles. The Morgan fingerprint density at radius 3 is 2.46 bits per heavy atom. The van der Waals surface area contributed by atoms with Crippen molar-refractivity contribution >= 4 is 23.4 Å². The van der Waals surface area contributed by atoms with E-state index in [4.69, 9.17) is 11.6 Å². The third-order valence-corrected chi connectivity index (χ3v) is 5.34. The number of halogens is 1. The minimum atomic E-state index is -0.271. The Bertz CT molecular complexity index is 1050. The highest BCUT2D eigenvalue weighted by Gasteiger charge is 2.16. The van der Waals surface area contributed by atoms with Crippen LogP contribution in [-0.2, 0) is 6.54 Å². The lowest BCUT2D eigenvalue weighted by Gasteiger charge is -2.17. The summed E-state index contributed by atoms with van der Waals surface area (Å²) in [7, 11) is 0. The standard InChI is InChI=1S/C21H17ClN2OS/c1-14-5-3-4-6-16(14)13-24-19(15-7-9-17(22)10-8-15)11-20(26-2)18(12-23)21(24)25/h3-11H,13H2,1-2H3. The van der Waals surface area contributed by atoms with Crippen molar-refractivity contribution < 1.29 is 0 Å². The van der Waals surface area contributed by atoms with Gasteiger partial charge in [-0.05, 0) is 48.1 Å². The van der Waals surface area contributed by atoms with Gasteiger partial charge in [0, 0.05) is 9.92 Å². The minimum absolute atomic E-state index is 0.184. The predicted octanol–water partition coefficient (Wildman–Crippen LogP) is 5.12. The van der Waals surface area contributed by atoms with Gasteiger partial charge in [0.2, 0.25) is 0 Å². The van der Waals surface area contributed by atoms with Crippen LogP contribution in [0, 0.1) is 18.3 Å². The van der Waals surface area contributed by atoms with Crippen molar-refractivity contribution in [3.8, 4) is 17.3 Å². The molecule has 0 saturated heterocycles. The summed E-state index contributed by atoms with van der Waals surface area (Å²) in [5.41, 5.74) is 3.73. The van der Waals surface area contributed by atoms with Crippen molar-refractivity contribution in [1.82, 2.24) is 4.57 Å². The Morgan fingerprint density at radius 1 is 1.15 bits per heavy atom. The van der Waals surface area contributed by atoms with Crippen LogP contribution in [0.1, 0.15) is 16.7 Å². The van der Waals surface area contributed by atoms with Gasteiger partial charge in [-0.3, -0.25) is 4.79 Å². The molecule has 130 valence electrons. The van der Waals surface area contributed by atoms with Crippen LogP contribution < -0.4 is 5.56 Å². The Balaban J connectivity index is 2.26. The molecule has 0 atom stereocenters. The van der Waals surface area contributed by atoms with E-state index in [1.165, 1.54) is 11.8 Å². The number of hydrogen-bond acceptors (Lipinski definition) is 3. The topological polar surface area (TPSA) is 45.8 Å². The molecule has 0 fully saturated rings. The van der Waals surface area contributed by atoms with Gasteiger partial charge in [0.05, 0.1) is 12.2 Å². The van der Waals surface area contributed by atoms with Crippen LogP contribution in [0.2, 0.25) is 5.02 Å². The molecule has 26 heavy (non-hydrogen) atoms. The number of nitrogens with zero attached hydrogens (tertiary/aromatic N) is 2. The maximum Gasteiger partial charge on any atom is 0.270 e. The fraction of sp³-hybridized carbons (Fsp3) is 0.143. The summed E-state index contributed by atoms with van der Waals surface area (Å²) in [6.07, 6.45) is 1.87. The second-order valence-electron chi connectivity index (χ2n) is 5.91. The fourth-order valence-corrected chi connectivity index (χ4v) is 3.56. The molecule has 3 aromatic rings. The smallest absolute Gasteiger partial charge is 0.270 e. The maximum atomic E-state index is 13.1. The number of rotatable bonds is 4. The molecule has 5 heteroatoms. The summed E-state index contributed by atoms with van der Waals surface area (Å²) < 4.78 is 1.67. The van der Waals surface area contributed by atoms with Crippen LogP contribution in [0.5, 0.6) is 0 Å². The molecular formula is C21H17ClN2OS. The van der Waals surface area contributed by atoms with E-state index >= 15 is 0 Å². The molecule has 0 saturated carbocycles. The maximum absolute atomic E-state index is 13.1. The van der Waals surface area contributed by atoms with Crippen LogP contribution in [-0.4, -0.2) is 10.8 Å². The fourth-order valence-electron chi connectivity index (χ4n) is 2.86. The van der Waals surface area contributed by atoms with E-state index in [-0.39, 0.29) is 11.1 Å². The van der Waals surface area contributed by atoms with E-state index in [0.717, 1.165) is 22.4 Å². The molecule has 1 aromatic heterocycles. The third kappa shape index (κ3) is 3.55. The first kappa shape index (κ1) is 18.3. The Kier molecular flexibility index (Phi) is 5.51. The van der Waals surface area contributed by atoms with Crippen molar-refractivity contribution in [1.29, 1.82) is 5.26 Å². The Hall–Kier alpha value is -2.48. The van der Waals surface area contributed by atoms with Gasteiger partial charge >= 0.3 is 0 Å². The Morgan fingerprint density at radius 2 is 1.85 bits per heavy atom. The molecule has 0 unspecified atom stereocenters. The van der Waals surface area contributed by atoms with E-state index in [1.807, 2.05) is 55.6 Å². The van der Waals surface area contributed by atoms with Gasteiger partial charge in [0.25, 0.3) is 5.56 Å². The molecule has 0 bridgehead atoms. The van der Waals surface area contributed by atoms with Gasteiger partial charge in [-0.15, -0.1) is 11.8 Å². The van der Waals surface area contributed by atoms with Gasteiger partial charge in [0.1, 0.15) is 11.6 Å². The van der Waals surface area contributed by atoms with Crippen LogP contribution >= 0.6 is 23.4 Å². The lowest BCUT2D eigenvalue weighted by molar-refractivity contribution is 0.755. The molecule has 0 aliphatic rings. The van der Waals surface area contributed by atoms with E-state index in [2.05, 4.69) is 6.07 Å². The van der Waals surface area contributed by atoms with Crippen molar-refractivity contribution in [2.45, 2.75) is 18.4 Å². The van der Waals surface area contributed by atoms with Crippen LogP contribution in [0.4, 0.5) is 0 Å². The number of thioether (sulfide) groups is 1. The number of nitriles is 1. The van der Waals surface area contributed by atoms with E-state index < -0.39 is 0 Å². The average Bonchev–Trinajstić information content (AvgIpc) is 2.65. The first-order valence-corrected chi connectivity index (χ1v) is 9.67. The van der Waals surface area contributed by atoms with Gasteiger partial charge in [-0.25, -0.2) is 0 Å². The molecule has 3 nitrogen and oxygen atoms in total. The summed E-state index contributed by atoms with van der Waals surface area (Å²) in [6.45, 7) is 2.43. The summed E-state index contributed by atoms with van der Waals surface area (Å²) in [5.74, 6) is 0. The largest absolute Gasteiger partial charge is 0.303 e. The molecule has 0 radical (unpaired) electrons. The van der Waals surface area contributed by atoms with Crippen LogP contribution in [0.25, 0.3) is 11.3 Å². The van der Waals surface area contributed by atoms with Gasteiger partial charge in [-0.2, -0.15) is 5.26 Å². The summed E-state index contributed by atoms with van der Waals surface area (Å²) >= 11 is 7.41. The molecule has 1 heterocycles. The molecule has 0 spiro atoms. The first-order valence-electron chi connectivity index (χ1n) is 8.07. The van der Waals surface area contributed by atoms with Crippen molar-refractivity contribution in [2.24, 2.45) is 0 Å². The second-order valence-corrected chi connectivity index (χ2v) is 7.19. The average molecular weight is 381 g/mol. The molecule has 0 aliphatic heterocycles. The van der Waals surface area contributed by atoms with Crippen molar-refractivity contribution in [2.75, 3.05) is 6.26 Å². The number of pyridine rings is 1. The van der Waals surface area contributed by atoms with Crippen molar-refractivity contribution in [3.63, 3.8) is 0 Å². The van der Waals surface area contributed by atoms with Gasteiger partial charge in [-0.1, -0.05) is 48.0 Å². The predicted molar refractivity (Wildman–Crippen MR) is 108 cm³/mol. The number of benzene rings is 2. The molecule has 0 aliphatic carbocycles. The summed E-state index contributed by atoms with van der Waals surface area (Å²) in [6, 6.07) is 19.3. The number of aromatic nitrogens is 1. The SMILES string of the molecule is CSc1cc(-c2ccc(Cl)cc2)n(Cc2ccccc2C)c(=O)c1C#N. The first-order chi connectivity index (χ1) is 12.5. The van der Waals surface area contributed by atoms with Gasteiger partial charge in [0.15, 0.2) is 0 Å². The molecule has 0 amide bonds. The normalized spacial score (nSPS) is 10.5. The highest BCUT2D eigenvalue weighted by Crippen LogP contribution is 2.27. The third-order valence-electron chi connectivity index (χ3n) is 4.33. The molecule has 0 N–H and O–H groups in total. The van der Waals surface area contributed by atoms with E-state index in [9.17, 15) is 10.1 Å². The summed E-state index contributed by atoms with van der Waals surface area (Å²) in [5, 5.41) is 10.1. The molecular weight excluding hydrogens is 364 g/mol. The van der Waals surface area contributed by atoms with Gasteiger partial charge < -0.3 is 4.57 Å². The number of hydrogen-bond donors (Lipinski definition) is 0. The second kappa shape index (κ2) is 7.82. The zero-order chi connectivity index (χ0) is 18.7. The highest BCUT2D eigenvalue weighted by molar-refractivity contribution is 7.98. The minimum Gasteiger partial charge on any atom is -0.303 e. The van der Waals surface area contributed by atoms with Crippen LogP contribution in [0.15, 0.2) is 64.3 Å². The highest BCUT2D eigenvalue weighted by atomic mass is 35.5. The monoisotopic (exact) mass is 380 g/mol. The van der Waals surface area contributed by atoms with Crippen molar-refractivity contribution in [3.05, 3.63) is 86.7 Å². The zero-order valence-corrected chi connectivity index (χ0v) is 16.1. The van der Waals surface area contributed by atoms with E-state index in [0.29, 0.717) is 16.5 Å². The molecule has 3 rings (SSSR count). The lowest BCUT2D eigenvalue weighted by atomic mass is 10.1. The quantitative estimate of drug-likeness (QED) is 0.590. The zero-order valence-electron chi connectivity index (χ0n) is 14.5.